The zero-order valence-electron chi connectivity index (χ0n) is 19.7. The molecule has 5 rings (SSSR count). The number of hydrogen-bond donors (Lipinski definition) is 0. The summed E-state index contributed by atoms with van der Waals surface area (Å²) in [6.07, 6.45) is 4.60. The monoisotopic (exact) mass is 410 g/mol. The van der Waals surface area contributed by atoms with E-state index in [0.29, 0.717) is 6.04 Å². The van der Waals surface area contributed by atoms with Crippen LogP contribution in [0.15, 0.2) is 60.7 Å². The second-order valence-corrected chi connectivity index (χ2v) is 10.4. The predicted molar refractivity (Wildman–Crippen MR) is 132 cm³/mol. The Balaban J connectivity index is 1.84. The molecule has 0 aromatic heterocycles. The highest BCUT2D eigenvalue weighted by Gasteiger charge is 2.53. The molecule has 31 heavy (non-hydrogen) atoms. The molecule has 0 aliphatic carbocycles. The Morgan fingerprint density at radius 3 is 2.35 bits per heavy atom. The molecule has 2 aliphatic rings. The highest BCUT2D eigenvalue weighted by atomic mass is 15.2. The van der Waals surface area contributed by atoms with Crippen LogP contribution >= 0.6 is 0 Å². The number of para-hydroxylation sites is 1. The fourth-order valence-corrected chi connectivity index (χ4v) is 5.73. The highest BCUT2D eigenvalue weighted by molar-refractivity contribution is 5.92. The molecule has 0 bridgehead atoms. The van der Waals surface area contributed by atoms with E-state index in [4.69, 9.17) is 0 Å². The largest absolute Gasteiger partial charge is 0.424 e. The number of rotatable bonds is 2. The van der Waals surface area contributed by atoms with Gasteiger partial charge in [0.15, 0.2) is 12.3 Å². The first kappa shape index (κ1) is 20.2. The highest BCUT2D eigenvalue weighted by Crippen LogP contribution is 2.48. The molecular weight excluding hydrogens is 376 g/mol. The third kappa shape index (κ3) is 2.84. The van der Waals surface area contributed by atoms with Gasteiger partial charge in [-0.25, -0.2) is 0 Å². The van der Waals surface area contributed by atoms with E-state index in [1.165, 1.54) is 39.1 Å². The minimum Gasteiger partial charge on any atom is -0.136 e. The van der Waals surface area contributed by atoms with Gasteiger partial charge >= 0.3 is 5.84 Å². The van der Waals surface area contributed by atoms with Crippen LogP contribution in [0.1, 0.15) is 65.5 Å². The lowest BCUT2D eigenvalue weighted by atomic mass is 9.79. The van der Waals surface area contributed by atoms with Crippen molar-refractivity contribution in [2.24, 2.45) is 0 Å². The van der Waals surface area contributed by atoms with E-state index in [9.17, 15) is 0 Å². The summed E-state index contributed by atoms with van der Waals surface area (Å²) in [7, 11) is 0. The van der Waals surface area contributed by atoms with Crippen molar-refractivity contribution in [1.29, 1.82) is 0 Å². The van der Waals surface area contributed by atoms with Crippen molar-refractivity contribution in [3.05, 3.63) is 71.8 Å². The number of benzene rings is 3. The molecule has 2 aliphatic heterocycles. The molecule has 2 heterocycles. The molecule has 0 spiro atoms. The Hall–Kier alpha value is -2.74. The van der Waals surface area contributed by atoms with Gasteiger partial charge < -0.3 is 0 Å². The maximum absolute atomic E-state index is 2.64. The first-order valence-corrected chi connectivity index (χ1v) is 11.7. The summed E-state index contributed by atoms with van der Waals surface area (Å²) in [5, 5.41) is 2.72. The third-order valence-corrected chi connectivity index (χ3v) is 7.58. The standard InChI is InChI=1S/C29H34N2/c1-7-12-26(30-19-28(3,4)23-15-10-11-16-24(23)30)31-20(2)29(5,6)27-22-14-9-8-13-21(22)17-18-25(27)31/h8-11,13-20H,7,12H2,1-6H3/q+2. The van der Waals surface area contributed by atoms with Gasteiger partial charge in [-0.1, -0.05) is 49.4 Å². The average molecular weight is 411 g/mol. The molecule has 2 nitrogen and oxygen atoms in total. The Bertz CT molecular complexity index is 1260. The fourth-order valence-electron chi connectivity index (χ4n) is 5.73. The van der Waals surface area contributed by atoms with Crippen LogP contribution in [-0.4, -0.2) is 27.2 Å². The number of hydrogen-bond acceptors (Lipinski definition) is 0. The lowest BCUT2D eigenvalue weighted by Crippen LogP contribution is -2.37. The summed E-state index contributed by atoms with van der Waals surface area (Å²) in [5.41, 5.74) is 5.68. The van der Waals surface area contributed by atoms with Gasteiger partial charge in [-0.15, -0.1) is 9.15 Å². The molecule has 0 amide bonds. The topological polar surface area (TPSA) is 6.02 Å². The summed E-state index contributed by atoms with van der Waals surface area (Å²) >= 11 is 0. The molecule has 0 N–H and O–H groups in total. The molecule has 0 radical (unpaired) electrons. The van der Waals surface area contributed by atoms with Crippen LogP contribution in [-0.2, 0) is 10.8 Å². The van der Waals surface area contributed by atoms with Gasteiger partial charge in [0, 0.05) is 23.3 Å². The van der Waals surface area contributed by atoms with Crippen LogP contribution in [0.3, 0.4) is 0 Å². The van der Waals surface area contributed by atoms with Gasteiger partial charge in [0.05, 0.1) is 17.3 Å². The molecule has 1 unspecified atom stereocenters. The van der Waals surface area contributed by atoms with Gasteiger partial charge in [-0.3, -0.25) is 0 Å². The Morgan fingerprint density at radius 1 is 0.871 bits per heavy atom. The molecule has 3 aromatic rings. The summed E-state index contributed by atoms with van der Waals surface area (Å²) in [5.74, 6) is 1.40. The van der Waals surface area contributed by atoms with Gasteiger partial charge in [0.1, 0.15) is 0 Å². The summed E-state index contributed by atoms with van der Waals surface area (Å²) in [4.78, 5) is 0. The van der Waals surface area contributed by atoms with Crippen molar-refractivity contribution in [2.45, 2.75) is 71.3 Å². The number of fused-ring (bicyclic) bond motifs is 4. The van der Waals surface area contributed by atoms with Crippen molar-refractivity contribution >= 4 is 34.2 Å². The second-order valence-electron chi connectivity index (χ2n) is 10.4. The summed E-state index contributed by atoms with van der Waals surface area (Å²) in [6, 6.07) is 22.8. The quantitative estimate of drug-likeness (QED) is 0.315. The van der Waals surface area contributed by atoms with E-state index in [2.05, 4.69) is 118 Å². The van der Waals surface area contributed by atoms with E-state index < -0.39 is 0 Å². The first-order valence-electron chi connectivity index (χ1n) is 11.7. The van der Waals surface area contributed by atoms with Gasteiger partial charge in [-0.05, 0) is 57.9 Å². The molecule has 158 valence electrons. The minimum absolute atomic E-state index is 0.0281. The van der Waals surface area contributed by atoms with Crippen LogP contribution in [0.25, 0.3) is 10.8 Å². The molecule has 3 aromatic carbocycles. The smallest absolute Gasteiger partial charge is 0.136 e. The van der Waals surface area contributed by atoms with E-state index in [-0.39, 0.29) is 10.8 Å². The lowest BCUT2D eigenvalue weighted by Gasteiger charge is -2.20. The van der Waals surface area contributed by atoms with Crippen LogP contribution in [0.4, 0.5) is 11.4 Å². The van der Waals surface area contributed by atoms with Crippen molar-refractivity contribution in [1.82, 2.24) is 0 Å². The fraction of sp³-hybridized carbons (Fsp3) is 0.379. The van der Waals surface area contributed by atoms with Crippen molar-refractivity contribution in [3.8, 4) is 0 Å². The Kier molecular flexibility index (Phi) is 4.48. The van der Waals surface area contributed by atoms with Crippen molar-refractivity contribution in [2.75, 3.05) is 0 Å². The predicted octanol–water partition coefficient (Wildman–Crippen LogP) is 7.07. The normalized spacial score (nSPS) is 22.3. The zero-order valence-corrected chi connectivity index (χ0v) is 19.7. The van der Waals surface area contributed by atoms with Crippen LogP contribution in [0.5, 0.6) is 0 Å². The van der Waals surface area contributed by atoms with E-state index in [0.717, 1.165) is 12.8 Å². The maximum Gasteiger partial charge on any atom is 0.424 e. The van der Waals surface area contributed by atoms with Gasteiger partial charge in [0.25, 0.3) is 0 Å². The Morgan fingerprint density at radius 2 is 1.58 bits per heavy atom. The van der Waals surface area contributed by atoms with Crippen LogP contribution in [0.2, 0.25) is 0 Å². The van der Waals surface area contributed by atoms with E-state index in [1.54, 1.807) is 0 Å². The molecule has 2 heteroatoms. The SMILES string of the molecule is CCCC([N+]1=CC(C)(C)c2ccccc21)=[N+]1c2ccc3ccccc3c2C(C)(C)C1C. The van der Waals surface area contributed by atoms with Crippen molar-refractivity contribution < 1.29 is 9.15 Å². The molecule has 1 atom stereocenters. The second kappa shape index (κ2) is 6.88. The van der Waals surface area contributed by atoms with Crippen LogP contribution in [0, 0.1) is 0 Å². The third-order valence-electron chi connectivity index (χ3n) is 7.58. The van der Waals surface area contributed by atoms with Crippen molar-refractivity contribution in [3.63, 3.8) is 0 Å². The first-order chi connectivity index (χ1) is 14.8. The van der Waals surface area contributed by atoms with E-state index in [1.807, 2.05) is 0 Å². The zero-order chi connectivity index (χ0) is 22.0. The maximum atomic E-state index is 2.64. The lowest BCUT2D eigenvalue weighted by molar-refractivity contribution is -0.529. The van der Waals surface area contributed by atoms with E-state index >= 15 is 0 Å². The van der Waals surface area contributed by atoms with Gasteiger partial charge in [0.2, 0.25) is 11.4 Å². The average Bonchev–Trinajstić information content (AvgIpc) is 3.14. The minimum atomic E-state index is 0.0281. The number of nitrogens with zero attached hydrogens (tertiary/aromatic N) is 2. The summed E-state index contributed by atoms with van der Waals surface area (Å²) in [6.45, 7) is 14.2. The molecule has 0 saturated heterocycles. The Labute approximate surface area is 186 Å². The van der Waals surface area contributed by atoms with Gasteiger partial charge in [-0.2, -0.15) is 0 Å². The molecular formula is C29H34N2+2. The number of amidine groups is 1. The molecule has 0 saturated carbocycles. The summed E-state index contributed by atoms with van der Waals surface area (Å²) < 4.78 is 5.13. The molecule has 0 fully saturated rings. The van der Waals surface area contributed by atoms with Crippen LogP contribution < -0.4 is 0 Å².